The van der Waals surface area contributed by atoms with E-state index in [4.69, 9.17) is 0 Å². The Morgan fingerprint density at radius 2 is 0.756 bits per heavy atom. The molecule has 242 valence electrons. The van der Waals surface area contributed by atoms with E-state index >= 15 is 0 Å². The molecule has 0 fully saturated rings. The maximum atomic E-state index is 2.65. The van der Waals surface area contributed by atoms with Crippen LogP contribution in [0.5, 0.6) is 0 Å². The van der Waals surface area contributed by atoms with Gasteiger partial charge in [-0.2, -0.15) is 0 Å². The van der Waals surface area contributed by atoms with Crippen molar-refractivity contribution >= 4 is 23.6 Å². The van der Waals surface area contributed by atoms with Gasteiger partial charge in [0.25, 0.3) is 0 Å². The summed E-state index contributed by atoms with van der Waals surface area (Å²) >= 11 is 0. The Morgan fingerprint density at radius 3 is 1.00 bits per heavy atom. The molecule has 0 saturated heterocycles. The van der Waals surface area contributed by atoms with Crippen molar-refractivity contribution < 1.29 is 0 Å². The van der Waals surface area contributed by atoms with E-state index in [0.717, 1.165) is 6.42 Å². The maximum Gasteiger partial charge on any atom is 0.159 e. The highest BCUT2D eigenvalue weighted by molar-refractivity contribution is 7.13. The van der Waals surface area contributed by atoms with Crippen LogP contribution < -0.4 is 15.6 Å². The molecule has 1 heteroatoms. The van der Waals surface area contributed by atoms with Gasteiger partial charge in [0, 0.05) is 5.54 Å². The van der Waals surface area contributed by atoms with Crippen molar-refractivity contribution in [2.75, 3.05) is 0 Å². The standard InChI is InChI=1S/C44H62Si/c1-14-16-34-17-15-18-44(34)45(41-22-35(28(2)3)19-36(23-41)29(4)5,42-24-37(30(6)7)20-38(25-42)31(8)9)43-26-39(32(10)11)21-40(27-43)33(12)13/h15,17-33,44H,14,16H2,1-13H3. The van der Waals surface area contributed by atoms with Crippen LogP contribution in [0, 0.1) is 0 Å². The highest BCUT2D eigenvalue weighted by atomic mass is 28.3. The first-order chi connectivity index (χ1) is 21.2. The van der Waals surface area contributed by atoms with E-state index in [1.54, 1.807) is 21.1 Å². The summed E-state index contributed by atoms with van der Waals surface area (Å²) in [5, 5.41) is 4.76. The fraction of sp³-hybridized carbons (Fsp3) is 0.500. The summed E-state index contributed by atoms with van der Waals surface area (Å²) in [4.78, 5) is 0. The number of benzene rings is 3. The molecule has 0 saturated carbocycles. The second-order valence-corrected chi connectivity index (χ2v) is 19.7. The highest BCUT2D eigenvalue weighted by Crippen LogP contribution is 2.40. The van der Waals surface area contributed by atoms with E-state index in [-0.39, 0.29) is 0 Å². The molecule has 0 spiro atoms. The van der Waals surface area contributed by atoms with Crippen LogP contribution in [-0.4, -0.2) is 8.07 Å². The highest BCUT2D eigenvalue weighted by Gasteiger charge is 2.48. The fourth-order valence-corrected chi connectivity index (χ4v) is 12.9. The molecule has 0 bridgehead atoms. The number of hydrogen-bond acceptors (Lipinski definition) is 0. The van der Waals surface area contributed by atoms with Crippen LogP contribution in [0.25, 0.3) is 0 Å². The molecule has 4 rings (SSSR count). The third-order valence-electron chi connectivity index (χ3n) is 10.3. The summed E-state index contributed by atoms with van der Waals surface area (Å²) in [6, 6.07) is 23.4. The van der Waals surface area contributed by atoms with Gasteiger partial charge in [-0.1, -0.05) is 175 Å². The van der Waals surface area contributed by atoms with Gasteiger partial charge in [0.2, 0.25) is 0 Å². The third-order valence-corrected chi connectivity index (χ3v) is 15.4. The topological polar surface area (TPSA) is 0 Å². The largest absolute Gasteiger partial charge is 0.159 e. The molecule has 3 aromatic carbocycles. The Labute approximate surface area is 278 Å². The molecule has 1 unspecified atom stereocenters. The van der Waals surface area contributed by atoms with E-state index in [0.29, 0.717) is 41.0 Å². The molecular weight excluding hydrogens is 557 g/mol. The summed E-state index contributed by atoms with van der Waals surface area (Å²) in [6.07, 6.45) is 9.78. The predicted molar refractivity (Wildman–Crippen MR) is 204 cm³/mol. The second kappa shape index (κ2) is 14.4. The Hall–Kier alpha value is -2.64. The number of hydrogen-bond donors (Lipinski definition) is 0. The quantitative estimate of drug-likeness (QED) is 0.140. The van der Waals surface area contributed by atoms with Crippen LogP contribution in [-0.2, 0) is 0 Å². The smallest absolute Gasteiger partial charge is 0.0790 e. The lowest BCUT2D eigenvalue weighted by Gasteiger charge is -2.42. The van der Waals surface area contributed by atoms with Crippen molar-refractivity contribution in [2.24, 2.45) is 0 Å². The SMILES string of the molecule is CCCC1=CC=CC1[Si](c1cc(C(C)C)cc(C(C)C)c1)(c1cc(C(C)C)cc(C(C)C)c1)c1cc(C(C)C)cc(C(C)C)c1. The first-order valence-electron chi connectivity index (χ1n) is 18.0. The first kappa shape index (κ1) is 35.2. The summed E-state index contributed by atoms with van der Waals surface area (Å²) in [5.41, 5.74) is 10.9. The van der Waals surface area contributed by atoms with Crippen LogP contribution >= 0.6 is 0 Å². The molecule has 0 amide bonds. The average Bonchev–Trinajstić information content (AvgIpc) is 3.45. The molecule has 0 heterocycles. The average molecular weight is 619 g/mol. The molecule has 0 nitrogen and oxygen atoms in total. The zero-order chi connectivity index (χ0) is 33.2. The van der Waals surface area contributed by atoms with Crippen LogP contribution in [0.4, 0.5) is 0 Å². The zero-order valence-corrected chi connectivity index (χ0v) is 31.9. The predicted octanol–water partition coefficient (Wildman–Crippen LogP) is 11.6. The first-order valence-corrected chi connectivity index (χ1v) is 20.1. The molecule has 45 heavy (non-hydrogen) atoms. The van der Waals surface area contributed by atoms with Gasteiger partial charge in [-0.15, -0.1) is 0 Å². The molecule has 0 aromatic heterocycles. The van der Waals surface area contributed by atoms with E-state index in [2.05, 4.69) is 163 Å². The molecule has 0 aliphatic heterocycles. The second-order valence-electron chi connectivity index (χ2n) is 15.8. The van der Waals surface area contributed by atoms with Crippen molar-refractivity contribution in [3.05, 3.63) is 112 Å². The van der Waals surface area contributed by atoms with Crippen LogP contribution in [0.15, 0.2) is 78.4 Å². The van der Waals surface area contributed by atoms with Gasteiger partial charge in [0.1, 0.15) is 0 Å². The number of allylic oxidation sites excluding steroid dienone is 4. The van der Waals surface area contributed by atoms with E-state index < -0.39 is 8.07 Å². The van der Waals surface area contributed by atoms with Crippen molar-refractivity contribution in [3.63, 3.8) is 0 Å². The lowest BCUT2D eigenvalue weighted by atomic mass is 9.95. The van der Waals surface area contributed by atoms with Crippen molar-refractivity contribution in [1.82, 2.24) is 0 Å². The Balaban J connectivity index is 2.33. The minimum Gasteiger partial charge on any atom is -0.0790 e. The summed E-state index contributed by atoms with van der Waals surface area (Å²) in [5.74, 6) is 2.84. The fourth-order valence-electron chi connectivity index (χ4n) is 7.22. The van der Waals surface area contributed by atoms with Crippen molar-refractivity contribution in [3.8, 4) is 0 Å². The Bertz CT molecular complexity index is 1290. The van der Waals surface area contributed by atoms with Crippen molar-refractivity contribution in [1.29, 1.82) is 0 Å². The number of rotatable bonds is 12. The van der Waals surface area contributed by atoms with Crippen LogP contribution in [0.2, 0.25) is 5.54 Å². The normalized spacial score (nSPS) is 15.5. The van der Waals surface area contributed by atoms with Crippen LogP contribution in [0.1, 0.15) is 172 Å². The minimum absolute atomic E-state index is 0.379. The zero-order valence-electron chi connectivity index (χ0n) is 30.9. The molecule has 1 aliphatic rings. The summed E-state index contributed by atoms with van der Waals surface area (Å²) in [7, 11) is -2.71. The van der Waals surface area contributed by atoms with E-state index in [9.17, 15) is 0 Å². The van der Waals surface area contributed by atoms with Gasteiger partial charge < -0.3 is 0 Å². The van der Waals surface area contributed by atoms with Crippen molar-refractivity contribution in [2.45, 2.75) is 144 Å². The minimum atomic E-state index is -2.71. The van der Waals surface area contributed by atoms with Gasteiger partial charge in [-0.3, -0.25) is 0 Å². The van der Waals surface area contributed by atoms with E-state index in [1.807, 2.05) is 0 Å². The van der Waals surface area contributed by atoms with Gasteiger partial charge in [-0.05, 0) is 90.9 Å². The molecule has 0 radical (unpaired) electrons. The third kappa shape index (κ3) is 7.20. The Kier molecular flexibility index (Phi) is 11.3. The molecule has 0 N–H and O–H groups in total. The molecule has 1 aliphatic carbocycles. The monoisotopic (exact) mass is 618 g/mol. The molecule has 3 aromatic rings. The van der Waals surface area contributed by atoms with Gasteiger partial charge in [0.05, 0.1) is 0 Å². The lowest BCUT2D eigenvalue weighted by molar-refractivity contribution is 0.833. The lowest BCUT2D eigenvalue weighted by Crippen LogP contribution is -2.70. The maximum absolute atomic E-state index is 2.71. The van der Waals surface area contributed by atoms with Crippen LogP contribution in [0.3, 0.4) is 0 Å². The van der Waals surface area contributed by atoms with Gasteiger partial charge in [0.15, 0.2) is 8.07 Å². The molecular formula is C44H62Si. The summed E-state index contributed by atoms with van der Waals surface area (Å²) < 4.78 is 0. The van der Waals surface area contributed by atoms with E-state index in [1.165, 1.54) is 39.8 Å². The van der Waals surface area contributed by atoms with Gasteiger partial charge in [-0.25, -0.2) is 0 Å². The summed E-state index contributed by atoms with van der Waals surface area (Å²) in [6.45, 7) is 30.8. The molecule has 1 atom stereocenters. The van der Waals surface area contributed by atoms with Gasteiger partial charge >= 0.3 is 0 Å². The Morgan fingerprint density at radius 1 is 0.467 bits per heavy atom.